The maximum absolute atomic E-state index is 8.58. The summed E-state index contributed by atoms with van der Waals surface area (Å²) in [5, 5.41) is 19.6. The predicted octanol–water partition coefficient (Wildman–Crippen LogP) is 0.175. The summed E-state index contributed by atoms with van der Waals surface area (Å²) in [4.78, 5) is 0. The van der Waals surface area contributed by atoms with E-state index in [2.05, 4.69) is 15.5 Å². The number of hydrogen-bond acceptors (Lipinski definition) is 4. The lowest BCUT2D eigenvalue weighted by atomic mass is 10.2. The van der Waals surface area contributed by atoms with Crippen molar-refractivity contribution in [2.75, 3.05) is 13.2 Å². The van der Waals surface area contributed by atoms with Crippen molar-refractivity contribution in [1.29, 1.82) is 0 Å². The van der Waals surface area contributed by atoms with Gasteiger partial charge in [-0.1, -0.05) is 0 Å². The van der Waals surface area contributed by atoms with Crippen LogP contribution in [0, 0.1) is 13.8 Å². The molecule has 4 heteroatoms. The molecular weight excluding hydrogens is 166 g/mol. The lowest BCUT2D eigenvalue weighted by Gasteiger charge is -2.05. The average Bonchev–Trinajstić information content (AvgIpc) is 2.11. The van der Waals surface area contributed by atoms with Gasteiger partial charge in [0.05, 0.1) is 18.0 Å². The Morgan fingerprint density at radius 3 is 2.85 bits per heavy atom. The molecule has 0 fully saturated rings. The fourth-order valence-electron chi connectivity index (χ4n) is 1.08. The topological polar surface area (TPSA) is 58.0 Å². The molecule has 0 bridgehead atoms. The molecule has 0 aliphatic heterocycles. The summed E-state index contributed by atoms with van der Waals surface area (Å²) in [7, 11) is 0. The van der Waals surface area contributed by atoms with E-state index in [1.807, 2.05) is 19.9 Å². The van der Waals surface area contributed by atoms with E-state index in [1.165, 1.54) is 0 Å². The molecule has 4 nitrogen and oxygen atoms in total. The molecule has 1 heterocycles. The predicted molar refractivity (Wildman–Crippen MR) is 50.3 cm³/mol. The molecule has 13 heavy (non-hydrogen) atoms. The van der Waals surface area contributed by atoms with Gasteiger partial charge >= 0.3 is 0 Å². The number of nitrogens with zero attached hydrogens (tertiary/aromatic N) is 2. The Bertz CT molecular complexity index is 276. The Morgan fingerprint density at radius 2 is 2.15 bits per heavy atom. The van der Waals surface area contributed by atoms with E-state index in [0.29, 0.717) is 6.54 Å². The zero-order valence-electron chi connectivity index (χ0n) is 8.04. The molecule has 1 aromatic heterocycles. The third kappa shape index (κ3) is 3.08. The van der Waals surface area contributed by atoms with Gasteiger partial charge in [0.1, 0.15) is 0 Å². The van der Waals surface area contributed by atoms with Crippen molar-refractivity contribution >= 4 is 0 Å². The minimum Gasteiger partial charge on any atom is -0.395 e. The minimum absolute atomic E-state index is 0.163. The summed E-state index contributed by atoms with van der Waals surface area (Å²) in [6, 6.07) is 2.01. The van der Waals surface area contributed by atoms with E-state index in [0.717, 1.165) is 23.5 Å². The van der Waals surface area contributed by atoms with Crippen molar-refractivity contribution in [1.82, 2.24) is 15.5 Å². The Balaban J connectivity index is 2.59. The van der Waals surface area contributed by atoms with Gasteiger partial charge in [-0.3, -0.25) is 0 Å². The first-order chi connectivity index (χ1) is 6.24. The summed E-state index contributed by atoms with van der Waals surface area (Å²) >= 11 is 0. The average molecular weight is 181 g/mol. The van der Waals surface area contributed by atoms with Gasteiger partial charge in [-0.05, 0) is 25.5 Å². The van der Waals surface area contributed by atoms with Gasteiger partial charge < -0.3 is 10.4 Å². The molecule has 0 saturated heterocycles. The second-order valence-electron chi connectivity index (χ2n) is 3.00. The van der Waals surface area contributed by atoms with Crippen molar-refractivity contribution in [2.45, 2.75) is 20.4 Å². The highest BCUT2D eigenvalue weighted by Gasteiger charge is 1.99. The maximum Gasteiger partial charge on any atom is 0.0645 e. The third-order valence-electron chi connectivity index (χ3n) is 1.81. The normalized spacial score (nSPS) is 10.4. The van der Waals surface area contributed by atoms with Gasteiger partial charge in [-0.15, -0.1) is 0 Å². The third-order valence-corrected chi connectivity index (χ3v) is 1.81. The quantitative estimate of drug-likeness (QED) is 0.650. The molecule has 0 aliphatic carbocycles. The number of hydrogen-bond donors (Lipinski definition) is 2. The van der Waals surface area contributed by atoms with E-state index in [4.69, 9.17) is 5.11 Å². The van der Waals surface area contributed by atoms with E-state index in [-0.39, 0.29) is 6.61 Å². The van der Waals surface area contributed by atoms with Crippen LogP contribution in [0.1, 0.15) is 17.0 Å². The smallest absolute Gasteiger partial charge is 0.0645 e. The lowest BCUT2D eigenvalue weighted by Crippen LogP contribution is -2.18. The molecule has 1 rings (SSSR count). The van der Waals surface area contributed by atoms with Crippen LogP contribution < -0.4 is 5.32 Å². The van der Waals surface area contributed by atoms with Crippen LogP contribution in [0.3, 0.4) is 0 Å². The zero-order chi connectivity index (χ0) is 9.68. The Hall–Kier alpha value is -1.00. The Morgan fingerprint density at radius 1 is 1.38 bits per heavy atom. The second-order valence-corrected chi connectivity index (χ2v) is 3.00. The molecule has 1 aromatic rings. The number of nitrogens with one attached hydrogen (secondary N) is 1. The van der Waals surface area contributed by atoms with Gasteiger partial charge in [0.2, 0.25) is 0 Å². The maximum atomic E-state index is 8.58. The largest absolute Gasteiger partial charge is 0.395 e. The minimum atomic E-state index is 0.163. The van der Waals surface area contributed by atoms with Crippen LogP contribution in [0.25, 0.3) is 0 Å². The van der Waals surface area contributed by atoms with Crippen LogP contribution in [0.2, 0.25) is 0 Å². The molecule has 0 saturated carbocycles. The molecule has 0 spiro atoms. The molecule has 0 radical (unpaired) electrons. The van der Waals surface area contributed by atoms with E-state index >= 15 is 0 Å². The van der Waals surface area contributed by atoms with Crippen LogP contribution in [0.5, 0.6) is 0 Å². The molecule has 2 N–H and O–H groups in total. The van der Waals surface area contributed by atoms with Crippen LogP contribution in [-0.4, -0.2) is 28.5 Å². The van der Waals surface area contributed by atoms with Crippen molar-refractivity contribution in [3.05, 3.63) is 23.0 Å². The van der Waals surface area contributed by atoms with Crippen LogP contribution in [0.4, 0.5) is 0 Å². The molecule has 0 aromatic carbocycles. The SMILES string of the molecule is Cc1cc(CNCCO)c(C)nn1. The summed E-state index contributed by atoms with van der Waals surface area (Å²) in [5.74, 6) is 0. The Kier molecular flexibility index (Phi) is 3.79. The van der Waals surface area contributed by atoms with Gasteiger partial charge in [-0.25, -0.2) is 0 Å². The summed E-state index contributed by atoms with van der Waals surface area (Å²) in [6.45, 7) is 5.37. The van der Waals surface area contributed by atoms with Crippen LogP contribution in [0.15, 0.2) is 6.07 Å². The van der Waals surface area contributed by atoms with Crippen molar-refractivity contribution < 1.29 is 5.11 Å². The highest BCUT2D eigenvalue weighted by Crippen LogP contribution is 2.03. The fraction of sp³-hybridized carbons (Fsp3) is 0.556. The van der Waals surface area contributed by atoms with Gasteiger partial charge in [0.25, 0.3) is 0 Å². The van der Waals surface area contributed by atoms with E-state index in [1.54, 1.807) is 0 Å². The zero-order valence-corrected chi connectivity index (χ0v) is 8.04. The standard InChI is InChI=1S/C9H15N3O/c1-7-5-9(6-10-3-4-13)8(2)12-11-7/h5,10,13H,3-4,6H2,1-2H3. The molecular formula is C9H15N3O. The summed E-state index contributed by atoms with van der Waals surface area (Å²) < 4.78 is 0. The number of aryl methyl sites for hydroxylation is 2. The van der Waals surface area contributed by atoms with Gasteiger partial charge in [0, 0.05) is 13.1 Å². The van der Waals surface area contributed by atoms with E-state index in [9.17, 15) is 0 Å². The van der Waals surface area contributed by atoms with E-state index < -0.39 is 0 Å². The second kappa shape index (κ2) is 4.89. The summed E-state index contributed by atoms with van der Waals surface area (Å²) in [6.07, 6.45) is 0. The number of aliphatic hydroxyl groups is 1. The Labute approximate surface area is 78.0 Å². The fourth-order valence-corrected chi connectivity index (χ4v) is 1.08. The van der Waals surface area contributed by atoms with Crippen LogP contribution >= 0.6 is 0 Å². The first kappa shape index (κ1) is 10.1. The van der Waals surface area contributed by atoms with Gasteiger partial charge in [-0.2, -0.15) is 10.2 Å². The van der Waals surface area contributed by atoms with Gasteiger partial charge in [0.15, 0.2) is 0 Å². The first-order valence-electron chi connectivity index (χ1n) is 4.35. The number of aromatic nitrogens is 2. The molecule has 0 unspecified atom stereocenters. The molecule has 72 valence electrons. The van der Waals surface area contributed by atoms with Crippen molar-refractivity contribution in [2.24, 2.45) is 0 Å². The molecule has 0 atom stereocenters. The number of aliphatic hydroxyl groups excluding tert-OH is 1. The highest BCUT2D eigenvalue weighted by atomic mass is 16.3. The van der Waals surface area contributed by atoms with Crippen molar-refractivity contribution in [3.63, 3.8) is 0 Å². The van der Waals surface area contributed by atoms with Crippen molar-refractivity contribution in [3.8, 4) is 0 Å². The highest BCUT2D eigenvalue weighted by molar-refractivity contribution is 5.19. The monoisotopic (exact) mass is 181 g/mol. The molecule has 0 amide bonds. The lowest BCUT2D eigenvalue weighted by molar-refractivity contribution is 0.292. The first-order valence-corrected chi connectivity index (χ1v) is 4.35. The van der Waals surface area contributed by atoms with Crippen LogP contribution in [-0.2, 0) is 6.54 Å². The molecule has 0 aliphatic rings. The number of rotatable bonds is 4. The summed E-state index contributed by atoms with van der Waals surface area (Å²) in [5.41, 5.74) is 3.00.